The standard InChI is InChI=1S/C13H14N4O3/c14-11(19)4-5-15-13(20)10-7-16-17-12(10)8-2-1-3-9(18)6-8/h1-3,6-7,18H,4-5H2,(H2,14,19)(H,15,20)(H,16,17). The number of phenolic OH excluding ortho intramolecular Hbond substituents is 1. The molecule has 0 aliphatic rings. The normalized spacial score (nSPS) is 10.2. The zero-order valence-electron chi connectivity index (χ0n) is 10.6. The number of aromatic hydroxyl groups is 1. The summed E-state index contributed by atoms with van der Waals surface area (Å²) < 4.78 is 0. The molecule has 2 amide bonds. The van der Waals surface area contributed by atoms with Crippen LogP contribution >= 0.6 is 0 Å². The number of primary amides is 1. The van der Waals surface area contributed by atoms with Crippen molar-refractivity contribution in [3.05, 3.63) is 36.0 Å². The lowest BCUT2D eigenvalue weighted by Crippen LogP contribution is -2.27. The number of H-pyrrole nitrogens is 1. The molecule has 0 saturated heterocycles. The summed E-state index contributed by atoms with van der Waals surface area (Å²) >= 11 is 0. The Morgan fingerprint density at radius 1 is 1.40 bits per heavy atom. The van der Waals surface area contributed by atoms with Gasteiger partial charge in [-0.15, -0.1) is 0 Å². The van der Waals surface area contributed by atoms with E-state index in [0.717, 1.165) is 0 Å². The predicted octanol–water partition coefficient (Wildman–Crippen LogP) is 0.387. The van der Waals surface area contributed by atoms with Gasteiger partial charge in [-0.1, -0.05) is 12.1 Å². The number of hydrogen-bond acceptors (Lipinski definition) is 4. The van der Waals surface area contributed by atoms with Crippen molar-refractivity contribution in [3.8, 4) is 17.0 Å². The monoisotopic (exact) mass is 274 g/mol. The lowest BCUT2D eigenvalue weighted by Gasteiger charge is -2.05. The quantitative estimate of drug-likeness (QED) is 0.630. The molecule has 1 aromatic heterocycles. The van der Waals surface area contributed by atoms with Crippen molar-refractivity contribution in [1.29, 1.82) is 0 Å². The Balaban J connectivity index is 2.16. The van der Waals surface area contributed by atoms with Crippen molar-refractivity contribution in [1.82, 2.24) is 15.5 Å². The molecule has 20 heavy (non-hydrogen) atoms. The summed E-state index contributed by atoms with van der Waals surface area (Å²) in [5.74, 6) is -0.749. The number of carbonyl (C=O) groups excluding carboxylic acids is 2. The Hall–Kier alpha value is -2.83. The van der Waals surface area contributed by atoms with E-state index in [2.05, 4.69) is 15.5 Å². The van der Waals surface area contributed by atoms with E-state index in [9.17, 15) is 14.7 Å². The van der Waals surface area contributed by atoms with E-state index in [-0.39, 0.29) is 24.6 Å². The molecule has 0 aliphatic heterocycles. The minimum atomic E-state index is -0.481. The Bertz CT molecular complexity index is 636. The largest absolute Gasteiger partial charge is 0.508 e. The van der Waals surface area contributed by atoms with Crippen molar-refractivity contribution >= 4 is 11.8 Å². The van der Waals surface area contributed by atoms with Crippen LogP contribution in [0.3, 0.4) is 0 Å². The van der Waals surface area contributed by atoms with Gasteiger partial charge in [0.15, 0.2) is 0 Å². The summed E-state index contributed by atoms with van der Waals surface area (Å²) in [5.41, 5.74) is 6.47. The number of carbonyl (C=O) groups is 2. The third-order valence-electron chi connectivity index (χ3n) is 2.68. The smallest absolute Gasteiger partial charge is 0.255 e. The maximum atomic E-state index is 12.0. The van der Waals surface area contributed by atoms with Crippen LogP contribution in [0, 0.1) is 0 Å². The lowest BCUT2D eigenvalue weighted by atomic mass is 10.1. The minimum Gasteiger partial charge on any atom is -0.508 e. The molecular weight excluding hydrogens is 260 g/mol. The summed E-state index contributed by atoms with van der Waals surface area (Å²) in [7, 11) is 0. The molecule has 0 spiro atoms. The van der Waals surface area contributed by atoms with Gasteiger partial charge in [0, 0.05) is 18.5 Å². The van der Waals surface area contributed by atoms with E-state index < -0.39 is 5.91 Å². The van der Waals surface area contributed by atoms with E-state index in [1.54, 1.807) is 12.1 Å². The molecule has 0 aliphatic carbocycles. The minimum absolute atomic E-state index is 0.0745. The highest BCUT2D eigenvalue weighted by atomic mass is 16.3. The number of nitrogens with two attached hydrogens (primary N) is 1. The molecule has 2 rings (SSSR count). The second-order valence-electron chi connectivity index (χ2n) is 4.18. The van der Waals surface area contributed by atoms with E-state index in [1.807, 2.05) is 0 Å². The highest BCUT2D eigenvalue weighted by molar-refractivity contribution is 5.99. The van der Waals surface area contributed by atoms with Crippen LogP contribution in [0.5, 0.6) is 5.75 Å². The van der Waals surface area contributed by atoms with Gasteiger partial charge in [0.1, 0.15) is 5.75 Å². The molecule has 0 saturated carbocycles. The summed E-state index contributed by atoms with van der Waals surface area (Å²) in [5, 5.41) is 18.6. The van der Waals surface area contributed by atoms with Crippen LogP contribution in [0.1, 0.15) is 16.8 Å². The van der Waals surface area contributed by atoms with Crippen LogP contribution in [0.2, 0.25) is 0 Å². The molecule has 0 bridgehead atoms. The van der Waals surface area contributed by atoms with E-state index in [4.69, 9.17) is 5.73 Å². The molecule has 7 heteroatoms. The number of nitrogens with one attached hydrogen (secondary N) is 2. The third-order valence-corrected chi connectivity index (χ3v) is 2.68. The summed E-state index contributed by atoms with van der Waals surface area (Å²) in [6, 6.07) is 6.47. The van der Waals surface area contributed by atoms with Crippen LogP contribution in [0.15, 0.2) is 30.5 Å². The summed E-state index contributed by atoms with van der Waals surface area (Å²) in [4.78, 5) is 22.6. The first-order chi connectivity index (χ1) is 9.58. The number of rotatable bonds is 5. The highest BCUT2D eigenvalue weighted by Gasteiger charge is 2.15. The van der Waals surface area contributed by atoms with Gasteiger partial charge in [0.2, 0.25) is 5.91 Å². The molecule has 0 atom stereocenters. The summed E-state index contributed by atoms with van der Waals surface area (Å²) in [6.07, 6.45) is 1.46. The van der Waals surface area contributed by atoms with E-state index in [1.165, 1.54) is 18.3 Å². The zero-order chi connectivity index (χ0) is 14.5. The number of aromatic nitrogens is 2. The first-order valence-electron chi connectivity index (χ1n) is 5.97. The molecular formula is C13H14N4O3. The highest BCUT2D eigenvalue weighted by Crippen LogP contribution is 2.24. The fraction of sp³-hybridized carbons (Fsp3) is 0.154. The predicted molar refractivity (Wildman–Crippen MR) is 71.8 cm³/mol. The van der Waals surface area contributed by atoms with Gasteiger partial charge in [-0.3, -0.25) is 14.7 Å². The maximum absolute atomic E-state index is 12.0. The van der Waals surface area contributed by atoms with E-state index >= 15 is 0 Å². The van der Waals surface area contributed by atoms with Crippen LogP contribution in [-0.4, -0.2) is 33.7 Å². The number of benzene rings is 1. The van der Waals surface area contributed by atoms with E-state index in [0.29, 0.717) is 16.8 Å². The molecule has 2 aromatic rings. The lowest BCUT2D eigenvalue weighted by molar-refractivity contribution is -0.117. The van der Waals surface area contributed by atoms with Gasteiger partial charge in [-0.05, 0) is 12.1 Å². The van der Waals surface area contributed by atoms with Crippen LogP contribution in [0.4, 0.5) is 0 Å². The Kier molecular flexibility index (Phi) is 3.99. The third kappa shape index (κ3) is 3.14. The van der Waals surface area contributed by atoms with Gasteiger partial charge < -0.3 is 16.2 Å². The van der Waals surface area contributed by atoms with Crippen molar-refractivity contribution in [2.75, 3.05) is 6.54 Å². The Morgan fingerprint density at radius 2 is 2.20 bits per heavy atom. The summed E-state index contributed by atoms with van der Waals surface area (Å²) in [6.45, 7) is 0.166. The van der Waals surface area contributed by atoms with Crippen molar-refractivity contribution in [2.45, 2.75) is 6.42 Å². The van der Waals surface area contributed by atoms with Gasteiger partial charge in [0.25, 0.3) is 5.91 Å². The maximum Gasteiger partial charge on any atom is 0.255 e. The van der Waals surface area contributed by atoms with Crippen LogP contribution in [0.25, 0.3) is 11.3 Å². The van der Waals surface area contributed by atoms with Crippen molar-refractivity contribution in [2.24, 2.45) is 5.73 Å². The second kappa shape index (κ2) is 5.87. The second-order valence-corrected chi connectivity index (χ2v) is 4.18. The number of amides is 2. The van der Waals surface area contributed by atoms with Crippen molar-refractivity contribution in [3.63, 3.8) is 0 Å². The number of nitrogens with zero attached hydrogens (tertiary/aromatic N) is 1. The Morgan fingerprint density at radius 3 is 2.90 bits per heavy atom. The van der Waals surface area contributed by atoms with Crippen LogP contribution in [-0.2, 0) is 4.79 Å². The van der Waals surface area contributed by atoms with Gasteiger partial charge in [-0.2, -0.15) is 5.10 Å². The first-order valence-corrected chi connectivity index (χ1v) is 5.97. The fourth-order valence-corrected chi connectivity index (χ4v) is 1.73. The topological polar surface area (TPSA) is 121 Å². The molecule has 0 radical (unpaired) electrons. The molecule has 1 heterocycles. The molecule has 104 valence electrons. The first kappa shape index (κ1) is 13.6. The molecule has 1 aromatic carbocycles. The molecule has 7 nitrogen and oxygen atoms in total. The van der Waals surface area contributed by atoms with Gasteiger partial charge >= 0.3 is 0 Å². The number of aromatic amines is 1. The molecule has 0 fully saturated rings. The number of phenols is 1. The van der Waals surface area contributed by atoms with Crippen molar-refractivity contribution < 1.29 is 14.7 Å². The zero-order valence-corrected chi connectivity index (χ0v) is 10.6. The van der Waals surface area contributed by atoms with Gasteiger partial charge in [-0.25, -0.2) is 0 Å². The molecule has 5 N–H and O–H groups in total. The van der Waals surface area contributed by atoms with Crippen LogP contribution < -0.4 is 11.1 Å². The fourth-order valence-electron chi connectivity index (χ4n) is 1.73. The average Bonchev–Trinajstić information content (AvgIpc) is 2.87. The average molecular weight is 274 g/mol. The Labute approximate surface area is 114 Å². The SMILES string of the molecule is NC(=O)CCNC(=O)c1cn[nH]c1-c1cccc(O)c1. The van der Waals surface area contributed by atoms with Gasteiger partial charge in [0.05, 0.1) is 17.5 Å². The number of hydrogen-bond donors (Lipinski definition) is 4. The molecule has 0 unspecified atom stereocenters.